The van der Waals surface area contributed by atoms with Gasteiger partial charge in [-0.15, -0.1) is 0 Å². The third-order valence-electron chi connectivity index (χ3n) is 6.41. The summed E-state index contributed by atoms with van der Waals surface area (Å²) in [5, 5.41) is 11.7. The van der Waals surface area contributed by atoms with Crippen LogP contribution in [0.4, 0.5) is 5.69 Å². The van der Waals surface area contributed by atoms with Gasteiger partial charge in [0.05, 0.1) is 16.6 Å². The predicted octanol–water partition coefficient (Wildman–Crippen LogP) is 4.81. The lowest BCUT2D eigenvalue weighted by atomic mass is 9.92. The van der Waals surface area contributed by atoms with Gasteiger partial charge in [-0.05, 0) is 54.3 Å². The van der Waals surface area contributed by atoms with Gasteiger partial charge in [0.2, 0.25) is 5.91 Å². The van der Waals surface area contributed by atoms with E-state index in [1.807, 2.05) is 55.6 Å². The minimum atomic E-state index is -0.411. The number of para-hydroxylation sites is 1. The van der Waals surface area contributed by atoms with Gasteiger partial charge in [-0.2, -0.15) is 5.10 Å². The van der Waals surface area contributed by atoms with Crippen molar-refractivity contribution in [1.29, 1.82) is 0 Å². The summed E-state index contributed by atoms with van der Waals surface area (Å²) >= 11 is 0. The molecule has 1 fully saturated rings. The van der Waals surface area contributed by atoms with Gasteiger partial charge in [-0.1, -0.05) is 42.5 Å². The second kappa shape index (κ2) is 6.13. The van der Waals surface area contributed by atoms with Crippen molar-refractivity contribution in [3.63, 3.8) is 0 Å². The molecule has 2 aromatic heterocycles. The Morgan fingerprint density at radius 1 is 1.10 bits per heavy atom. The van der Waals surface area contributed by atoms with Crippen molar-refractivity contribution in [2.75, 3.05) is 5.32 Å². The van der Waals surface area contributed by atoms with Crippen LogP contribution in [-0.4, -0.2) is 21.1 Å². The topological polar surface area (TPSA) is 70.7 Å². The van der Waals surface area contributed by atoms with E-state index in [1.165, 1.54) is 5.56 Å². The number of carbonyl (C=O) groups is 1. The van der Waals surface area contributed by atoms with E-state index in [-0.39, 0.29) is 11.8 Å². The third kappa shape index (κ3) is 2.45. The summed E-state index contributed by atoms with van der Waals surface area (Å²) < 4.78 is 0. The van der Waals surface area contributed by atoms with Crippen molar-refractivity contribution < 1.29 is 4.79 Å². The van der Waals surface area contributed by atoms with Crippen LogP contribution in [0.3, 0.4) is 0 Å². The molecule has 1 saturated carbocycles. The largest absolute Gasteiger partial charge is 0.325 e. The van der Waals surface area contributed by atoms with Gasteiger partial charge < -0.3 is 5.32 Å². The van der Waals surface area contributed by atoms with Crippen molar-refractivity contribution in [3.05, 3.63) is 88.9 Å². The number of nitrogens with one attached hydrogen (secondary N) is 2. The molecule has 2 N–H and O–H groups in total. The molecule has 2 aliphatic rings. The average molecular weight is 392 g/mol. The van der Waals surface area contributed by atoms with Crippen LogP contribution in [0.15, 0.2) is 60.8 Å². The van der Waals surface area contributed by atoms with Gasteiger partial charge in [0, 0.05) is 28.9 Å². The number of amides is 1. The smallest absolute Gasteiger partial charge is 0.235 e. The highest BCUT2D eigenvalue weighted by molar-refractivity contribution is 6.09. The monoisotopic (exact) mass is 392 g/mol. The van der Waals surface area contributed by atoms with Crippen molar-refractivity contribution in [2.45, 2.75) is 24.7 Å². The van der Waals surface area contributed by atoms with Gasteiger partial charge in [-0.3, -0.25) is 14.9 Å². The van der Waals surface area contributed by atoms with Crippen LogP contribution in [0, 0.1) is 6.92 Å². The number of nitrogens with zero attached hydrogens (tertiary/aromatic N) is 2. The first-order valence-corrected chi connectivity index (χ1v) is 10.1. The Morgan fingerprint density at radius 3 is 2.87 bits per heavy atom. The van der Waals surface area contributed by atoms with Crippen molar-refractivity contribution in [3.8, 4) is 0 Å². The molecule has 0 radical (unpaired) electrons. The maximum Gasteiger partial charge on any atom is 0.235 e. The molecule has 5 heteroatoms. The summed E-state index contributed by atoms with van der Waals surface area (Å²) in [5.74, 6) is 0.320. The van der Waals surface area contributed by atoms with Crippen LogP contribution in [0.25, 0.3) is 23.1 Å². The van der Waals surface area contributed by atoms with Crippen molar-refractivity contribution in [1.82, 2.24) is 15.2 Å². The number of H-pyrrole nitrogens is 1. The number of anilines is 1. The molecule has 1 aliphatic heterocycles. The fourth-order valence-electron chi connectivity index (χ4n) is 4.71. The molecular weight excluding hydrogens is 372 g/mol. The summed E-state index contributed by atoms with van der Waals surface area (Å²) in [6, 6.07) is 18.5. The minimum Gasteiger partial charge on any atom is -0.325 e. The highest BCUT2D eigenvalue weighted by Crippen LogP contribution is 2.64. The Kier molecular flexibility index (Phi) is 3.51. The van der Waals surface area contributed by atoms with Crippen molar-refractivity contribution in [2.24, 2.45) is 0 Å². The number of carbonyl (C=O) groups excluding carboxylic acids is 1. The molecule has 1 spiro atoms. The first-order valence-electron chi connectivity index (χ1n) is 10.1. The van der Waals surface area contributed by atoms with E-state index >= 15 is 0 Å². The zero-order chi connectivity index (χ0) is 20.3. The number of pyridine rings is 1. The van der Waals surface area contributed by atoms with Crippen LogP contribution in [0.1, 0.15) is 40.4 Å². The van der Waals surface area contributed by atoms with Crippen LogP contribution in [0.2, 0.25) is 0 Å². The zero-order valence-electron chi connectivity index (χ0n) is 16.5. The number of hydrogen-bond donors (Lipinski definition) is 2. The number of benzene rings is 2. The maximum absolute atomic E-state index is 12.8. The van der Waals surface area contributed by atoms with Crippen LogP contribution >= 0.6 is 0 Å². The minimum absolute atomic E-state index is 0.119. The van der Waals surface area contributed by atoms with E-state index in [0.29, 0.717) is 0 Å². The lowest BCUT2D eigenvalue weighted by Gasteiger charge is -2.08. The number of fused-ring (bicyclic) bond motifs is 3. The van der Waals surface area contributed by atoms with E-state index in [1.54, 1.807) is 0 Å². The average Bonchev–Trinajstić information content (AvgIpc) is 3.30. The maximum atomic E-state index is 12.8. The first kappa shape index (κ1) is 17.2. The Hall–Kier alpha value is -3.73. The van der Waals surface area contributed by atoms with Gasteiger partial charge in [0.25, 0.3) is 0 Å². The number of aryl methyl sites for hydroxylation is 1. The Balaban J connectivity index is 1.31. The molecular formula is C25H20N4O. The lowest BCUT2D eigenvalue weighted by Crippen LogP contribution is -2.20. The predicted molar refractivity (Wildman–Crippen MR) is 118 cm³/mol. The Labute approximate surface area is 173 Å². The van der Waals surface area contributed by atoms with Gasteiger partial charge in [0.1, 0.15) is 0 Å². The van der Waals surface area contributed by atoms with E-state index in [0.717, 1.165) is 45.5 Å². The molecule has 1 unspecified atom stereocenters. The number of aromatic amines is 1. The number of aromatic nitrogens is 3. The second-order valence-electron chi connectivity index (χ2n) is 8.21. The summed E-state index contributed by atoms with van der Waals surface area (Å²) in [6.45, 7) is 1.98. The molecule has 2 aromatic carbocycles. The quantitative estimate of drug-likeness (QED) is 0.525. The lowest BCUT2D eigenvalue weighted by molar-refractivity contribution is -0.118. The normalized spacial score (nSPS) is 22.0. The SMILES string of the molecule is Cc1ccc(/C=C/c2n[nH]c3cc([C@@H]4CC45C(=O)Nc4ccccc45)ccc23)cn1. The molecule has 2 atom stereocenters. The third-order valence-corrected chi connectivity index (χ3v) is 6.41. The van der Waals surface area contributed by atoms with E-state index in [4.69, 9.17) is 0 Å². The highest BCUT2D eigenvalue weighted by Gasteiger charge is 2.65. The van der Waals surface area contributed by atoms with Crippen LogP contribution in [-0.2, 0) is 10.2 Å². The number of rotatable bonds is 3. The number of hydrogen-bond acceptors (Lipinski definition) is 3. The molecule has 30 heavy (non-hydrogen) atoms. The second-order valence-corrected chi connectivity index (χ2v) is 8.21. The van der Waals surface area contributed by atoms with Gasteiger partial charge >= 0.3 is 0 Å². The molecule has 5 nitrogen and oxygen atoms in total. The fraction of sp³-hybridized carbons (Fsp3) is 0.160. The molecule has 146 valence electrons. The standard InChI is InChI=1S/C25H20N4O/c1-15-6-7-16(14-26-15)8-11-21-18-10-9-17(12-23(18)29-28-21)20-13-25(20)19-4-2-3-5-22(19)27-24(25)30/h2-12,14,20H,13H2,1H3,(H,27,30)(H,28,29)/b11-8+/t20-,25?/m0/s1. The molecule has 3 heterocycles. The Bertz CT molecular complexity index is 1340. The summed E-state index contributed by atoms with van der Waals surface area (Å²) in [5.41, 5.74) is 6.77. The fourth-order valence-corrected chi connectivity index (χ4v) is 4.71. The highest BCUT2D eigenvalue weighted by atomic mass is 16.2. The summed E-state index contributed by atoms with van der Waals surface area (Å²) in [6.07, 6.45) is 6.73. The summed E-state index contributed by atoms with van der Waals surface area (Å²) in [4.78, 5) is 17.1. The molecule has 1 amide bonds. The van der Waals surface area contributed by atoms with Gasteiger partial charge in [0.15, 0.2) is 0 Å². The summed E-state index contributed by atoms with van der Waals surface area (Å²) in [7, 11) is 0. The van der Waals surface area contributed by atoms with Crippen LogP contribution < -0.4 is 5.32 Å². The Morgan fingerprint density at radius 2 is 2.00 bits per heavy atom. The molecule has 0 saturated heterocycles. The molecule has 4 aromatic rings. The van der Waals surface area contributed by atoms with Crippen molar-refractivity contribution >= 4 is 34.6 Å². The zero-order valence-corrected chi connectivity index (χ0v) is 16.5. The van der Waals surface area contributed by atoms with E-state index in [2.05, 4.69) is 44.8 Å². The molecule has 6 rings (SSSR count). The van der Waals surface area contributed by atoms with E-state index in [9.17, 15) is 4.79 Å². The molecule has 0 bridgehead atoms. The van der Waals surface area contributed by atoms with Gasteiger partial charge in [-0.25, -0.2) is 0 Å². The first-order chi connectivity index (χ1) is 14.6. The molecule has 1 aliphatic carbocycles. The van der Waals surface area contributed by atoms with E-state index < -0.39 is 5.41 Å². The van der Waals surface area contributed by atoms with Crippen LogP contribution in [0.5, 0.6) is 0 Å².